The molecular weight excluding hydrogens is 210 g/mol. The SMILES string of the molecule is CC(=O)Nc1ccc(O)cc1.CCC(=O)O. The molecule has 5 heteroatoms. The third-order valence-corrected chi connectivity index (χ3v) is 1.49. The Bertz CT molecular complexity index is 346. The highest BCUT2D eigenvalue weighted by atomic mass is 16.4. The highest BCUT2D eigenvalue weighted by molar-refractivity contribution is 5.88. The zero-order valence-corrected chi connectivity index (χ0v) is 9.23. The summed E-state index contributed by atoms with van der Waals surface area (Å²) in [5.74, 6) is -0.667. The first kappa shape index (κ1) is 14.0. The lowest BCUT2D eigenvalue weighted by atomic mass is 10.3. The molecule has 0 saturated heterocycles. The monoisotopic (exact) mass is 225 g/mol. The number of phenols is 1. The average Bonchev–Trinajstić information content (AvgIpc) is 2.22. The van der Waals surface area contributed by atoms with Crippen LogP contribution >= 0.6 is 0 Å². The van der Waals surface area contributed by atoms with Gasteiger partial charge in [0.25, 0.3) is 0 Å². The Kier molecular flexibility index (Phi) is 6.35. The van der Waals surface area contributed by atoms with E-state index >= 15 is 0 Å². The molecule has 1 amide bonds. The van der Waals surface area contributed by atoms with Crippen LogP contribution in [0.5, 0.6) is 5.75 Å². The number of hydrogen-bond donors (Lipinski definition) is 3. The van der Waals surface area contributed by atoms with E-state index in [1.165, 1.54) is 19.1 Å². The molecule has 3 N–H and O–H groups in total. The van der Waals surface area contributed by atoms with E-state index in [1.807, 2.05) is 0 Å². The van der Waals surface area contributed by atoms with Gasteiger partial charge < -0.3 is 15.5 Å². The Morgan fingerprint density at radius 1 is 1.25 bits per heavy atom. The Morgan fingerprint density at radius 3 is 2.00 bits per heavy atom. The fourth-order valence-corrected chi connectivity index (χ4v) is 0.748. The summed E-state index contributed by atoms with van der Waals surface area (Å²) in [7, 11) is 0. The fraction of sp³-hybridized carbons (Fsp3) is 0.273. The van der Waals surface area contributed by atoms with Gasteiger partial charge in [-0.3, -0.25) is 9.59 Å². The molecule has 0 atom stereocenters. The lowest BCUT2D eigenvalue weighted by molar-refractivity contribution is -0.136. The summed E-state index contributed by atoms with van der Waals surface area (Å²) in [5, 5.41) is 19.2. The minimum absolute atomic E-state index is 0.115. The van der Waals surface area contributed by atoms with Crippen LogP contribution in [-0.4, -0.2) is 22.1 Å². The van der Waals surface area contributed by atoms with Crippen LogP contribution in [0.2, 0.25) is 0 Å². The molecular formula is C11H15NO4. The molecule has 0 heterocycles. The van der Waals surface area contributed by atoms with Gasteiger partial charge >= 0.3 is 5.97 Å². The third kappa shape index (κ3) is 7.37. The lowest BCUT2D eigenvalue weighted by Crippen LogP contribution is -2.04. The molecule has 1 rings (SSSR count). The standard InChI is InChI=1S/C8H9NO2.C3H6O2/c1-6(10)9-7-2-4-8(11)5-3-7;1-2-3(4)5/h2-5,11H,1H3,(H,9,10);2H2,1H3,(H,4,5). The highest BCUT2D eigenvalue weighted by Crippen LogP contribution is 2.13. The van der Waals surface area contributed by atoms with Crippen LogP contribution in [0.15, 0.2) is 24.3 Å². The molecule has 1 aromatic rings. The second kappa shape index (κ2) is 7.28. The summed E-state index contributed by atoms with van der Waals surface area (Å²) in [6, 6.07) is 6.31. The van der Waals surface area contributed by atoms with Gasteiger partial charge in [-0.25, -0.2) is 0 Å². The average molecular weight is 225 g/mol. The Hall–Kier alpha value is -2.04. The van der Waals surface area contributed by atoms with E-state index in [0.717, 1.165) is 0 Å². The van der Waals surface area contributed by atoms with Crippen molar-refractivity contribution in [1.29, 1.82) is 0 Å². The second-order valence-electron chi connectivity index (χ2n) is 2.98. The maximum atomic E-state index is 10.5. The number of carbonyl (C=O) groups is 2. The van der Waals surface area contributed by atoms with Crippen molar-refractivity contribution in [2.75, 3.05) is 5.32 Å². The fourth-order valence-electron chi connectivity index (χ4n) is 0.748. The number of nitrogens with one attached hydrogen (secondary N) is 1. The van der Waals surface area contributed by atoms with Crippen molar-refractivity contribution in [3.05, 3.63) is 24.3 Å². The molecule has 88 valence electrons. The van der Waals surface area contributed by atoms with Crippen molar-refractivity contribution in [2.45, 2.75) is 20.3 Å². The Labute approximate surface area is 93.7 Å². The van der Waals surface area contributed by atoms with Crippen LogP contribution in [0.25, 0.3) is 0 Å². The molecule has 0 aliphatic heterocycles. The van der Waals surface area contributed by atoms with Gasteiger partial charge in [-0.2, -0.15) is 0 Å². The number of carboxylic acid groups (broad SMARTS) is 1. The Morgan fingerprint density at radius 2 is 1.69 bits per heavy atom. The minimum Gasteiger partial charge on any atom is -0.508 e. The number of amides is 1. The van der Waals surface area contributed by atoms with E-state index in [2.05, 4.69) is 5.32 Å². The molecule has 0 spiro atoms. The maximum absolute atomic E-state index is 10.5. The van der Waals surface area contributed by atoms with Crippen LogP contribution in [0, 0.1) is 0 Å². The summed E-state index contributed by atoms with van der Waals surface area (Å²) in [4.78, 5) is 19.9. The number of carboxylic acids is 1. The van der Waals surface area contributed by atoms with Gasteiger partial charge in [0.15, 0.2) is 0 Å². The molecule has 5 nitrogen and oxygen atoms in total. The van der Waals surface area contributed by atoms with E-state index < -0.39 is 5.97 Å². The third-order valence-electron chi connectivity index (χ3n) is 1.49. The number of aromatic hydroxyl groups is 1. The van der Waals surface area contributed by atoms with Crippen molar-refractivity contribution in [3.8, 4) is 5.75 Å². The van der Waals surface area contributed by atoms with Gasteiger partial charge in [-0.15, -0.1) is 0 Å². The van der Waals surface area contributed by atoms with Crippen molar-refractivity contribution >= 4 is 17.6 Å². The normalized spacial score (nSPS) is 8.62. The van der Waals surface area contributed by atoms with Gasteiger partial charge in [0, 0.05) is 19.0 Å². The predicted molar refractivity (Wildman–Crippen MR) is 60.3 cm³/mol. The van der Waals surface area contributed by atoms with Gasteiger partial charge in [-0.05, 0) is 24.3 Å². The smallest absolute Gasteiger partial charge is 0.303 e. The summed E-state index contributed by atoms with van der Waals surface area (Å²) in [6.07, 6.45) is 0.222. The van der Waals surface area contributed by atoms with Crippen molar-refractivity contribution in [1.82, 2.24) is 0 Å². The maximum Gasteiger partial charge on any atom is 0.303 e. The van der Waals surface area contributed by atoms with E-state index in [1.54, 1.807) is 19.1 Å². The lowest BCUT2D eigenvalue weighted by Gasteiger charge is -1.99. The second-order valence-corrected chi connectivity index (χ2v) is 2.98. The van der Waals surface area contributed by atoms with Crippen LogP contribution < -0.4 is 5.32 Å². The number of carbonyl (C=O) groups excluding carboxylic acids is 1. The number of aliphatic carboxylic acids is 1. The van der Waals surface area contributed by atoms with Gasteiger partial charge in [-0.1, -0.05) is 6.92 Å². The van der Waals surface area contributed by atoms with Crippen molar-refractivity contribution in [2.24, 2.45) is 0 Å². The zero-order chi connectivity index (χ0) is 12.6. The van der Waals surface area contributed by atoms with Gasteiger partial charge in [0.1, 0.15) is 5.75 Å². The number of phenolic OH excluding ortho intramolecular Hbond substituents is 1. The van der Waals surface area contributed by atoms with Crippen molar-refractivity contribution in [3.63, 3.8) is 0 Å². The molecule has 0 fully saturated rings. The molecule has 0 radical (unpaired) electrons. The molecule has 0 aromatic heterocycles. The number of anilines is 1. The molecule has 0 unspecified atom stereocenters. The zero-order valence-electron chi connectivity index (χ0n) is 9.23. The quantitative estimate of drug-likeness (QED) is 0.670. The van der Waals surface area contributed by atoms with Gasteiger partial charge in [0.05, 0.1) is 0 Å². The van der Waals surface area contributed by atoms with E-state index in [4.69, 9.17) is 10.2 Å². The first-order valence-corrected chi connectivity index (χ1v) is 4.74. The number of hydrogen-bond acceptors (Lipinski definition) is 3. The first-order valence-electron chi connectivity index (χ1n) is 4.74. The van der Waals surface area contributed by atoms with Crippen LogP contribution in [0.1, 0.15) is 20.3 Å². The van der Waals surface area contributed by atoms with E-state index in [9.17, 15) is 9.59 Å². The van der Waals surface area contributed by atoms with Crippen LogP contribution in [0.3, 0.4) is 0 Å². The van der Waals surface area contributed by atoms with E-state index in [0.29, 0.717) is 5.69 Å². The topological polar surface area (TPSA) is 86.6 Å². The summed E-state index contributed by atoms with van der Waals surface area (Å²) in [6.45, 7) is 3.04. The molecule has 0 aliphatic rings. The highest BCUT2D eigenvalue weighted by Gasteiger charge is 1.93. The Balaban J connectivity index is 0.000000385. The number of benzene rings is 1. The van der Waals surface area contributed by atoms with Gasteiger partial charge in [0.2, 0.25) is 5.91 Å². The molecule has 0 aliphatic carbocycles. The van der Waals surface area contributed by atoms with Crippen molar-refractivity contribution < 1.29 is 19.8 Å². The predicted octanol–water partition coefficient (Wildman–Crippen LogP) is 1.83. The molecule has 0 bridgehead atoms. The largest absolute Gasteiger partial charge is 0.508 e. The minimum atomic E-state index is -0.745. The summed E-state index contributed by atoms with van der Waals surface area (Å²) < 4.78 is 0. The summed E-state index contributed by atoms with van der Waals surface area (Å²) in [5.41, 5.74) is 0.690. The van der Waals surface area contributed by atoms with Crippen LogP contribution in [0.4, 0.5) is 5.69 Å². The first-order chi connectivity index (χ1) is 7.45. The van der Waals surface area contributed by atoms with E-state index in [-0.39, 0.29) is 18.1 Å². The summed E-state index contributed by atoms with van der Waals surface area (Å²) >= 11 is 0. The van der Waals surface area contributed by atoms with Crippen LogP contribution in [-0.2, 0) is 9.59 Å². The molecule has 0 saturated carbocycles. The number of rotatable bonds is 2. The molecule has 1 aromatic carbocycles. The molecule has 16 heavy (non-hydrogen) atoms.